The number of ether oxygens (including phenoxy) is 2. The molecule has 2 aromatic carbocycles. The van der Waals surface area contributed by atoms with Crippen LogP contribution in [0.3, 0.4) is 0 Å². The van der Waals surface area contributed by atoms with Crippen LogP contribution in [-0.4, -0.2) is 34.5 Å². The summed E-state index contributed by atoms with van der Waals surface area (Å²) < 4.78 is 62.5. The molecule has 0 fully saturated rings. The minimum Gasteiger partial charge on any atom is -0.505 e. The van der Waals surface area contributed by atoms with Gasteiger partial charge in [-0.2, -0.15) is 0 Å². The monoisotopic (exact) mass is 481 g/mol. The quantitative estimate of drug-likeness (QED) is 0.261. The number of fused-ring (bicyclic) bond motifs is 1. The van der Waals surface area contributed by atoms with Crippen molar-refractivity contribution in [3.8, 4) is 11.5 Å². The fraction of sp³-hybridized carbons (Fsp3) is 0.333. The van der Waals surface area contributed by atoms with Crippen LogP contribution in [0.2, 0.25) is 0 Å². The Hall–Kier alpha value is -3.56. The molecule has 0 aliphatic heterocycles. The van der Waals surface area contributed by atoms with Gasteiger partial charge in [0.15, 0.2) is 11.6 Å². The number of aromatic nitrogens is 1. The molecule has 182 valence electrons. The molecule has 0 radical (unpaired) electrons. The van der Waals surface area contributed by atoms with Crippen molar-refractivity contribution in [2.45, 2.75) is 45.9 Å². The van der Waals surface area contributed by atoms with Crippen molar-refractivity contribution in [3.63, 3.8) is 0 Å². The van der Waals surface area contributed by atoms with Gasteiger partial charge in [0.2, 0.25) is 0 Å². The molecule has 1 heterocycles. The number of esters is 1. The molecule has 0 saturated heterocycles. The molecule has 34 heavy (non-hydrogen) atoms. The molecular weight excluding hydrogens is 458 g/mol. The normalized spacial score (nSPS) is 12.6. The predicted octanol–water partition coefficient (Wildman–Crippen LogP) is 5.83. The number of unbranched alkanes of at least 4 members (excludes halogenated alkanes) is 1. The van der Waals surface area contributed by atoms with Crippen LogP contribution in [0.5, 0.6) is 11.5 Å². The van der Waals surface area contributed by atoms with E-state index in [2.05, 4.69) is 4.74 Å². The van der Waals surface area contributed by atoms with E-state index in [0.717, 1.165) is 41.3 Å². The maximum atomic E-state index is 15.0. The van der Waals surface area contributed by atoms with Crippen LogP contribution in [0.1, 0.15) is 54.2 Å². The van der Waals surface area contributed by atoms with Gasteiger partial charge >= 0.3 is 12.3 Å². The molecule has 10 heteroatoms. The highest BCUT2D eigenvalue weighted by atomic mass is 19.4. The average molecular weight is 481 g/mol. The lowest BCUT2D eigenvalue weighted by Gasteiger charge is -2.13. The van der Waals surface area contributed by atoms with Gasteiger partial charge in [-0.05, 0) is 62.2 Å². The van der Waals surface area contributed by atoms with Gasteiger partial charge in [0.25, 0.3) is 5.91 Å². The van der Waals surface area contributed by atoms with Crippen molar-refractivity contribution in [1.82, 2.24) is 4.57 Å². The molecule has 0 aliphatic rings. The third-order valence-electron chi connectivity index (χ3n) is 5.40. The summed E-state index contributed by atoms with van der Waals surface area (Å²) in [4.78, 5) is 25.9. The van der Waals surface area contributed by atoms with Gasteiger partial charge in [-0.15, -0.1) is 13.2 Å². The minimum atomic E-state index is -4.88. The van der Waals surface area contributed by atoms with Gasteiger partial charge in [-0.25, -0.2) is 4.39 Å². The first-order valence-electron chi connectivity index (χ1n) is 10.6. The van der Waals surface area contributed by atoms with Crippen molar-refractivity contribution < 1.29 is 41.7 Å². The molecule has 0 saturated carbocycles. The van der Waals surface area contributed by atoms with Crippen molar-refractivity contribution in [3.05, 3.63) is 59.0 Å². The van der Waals surface area contributed by atoms with E-state index in [1.54, 1.807) is 0 Å². The third-order valence-corrected chi connectivity index (χ3v) is 5.40. The Labute approximate surface area is 192 Å². The number of carbonyl (C=O) groups is 2. The number of alkyl halides is 3. The molecule has 0 unspecified atom stereocenters. The van der Waals surface area contributed by atoms with Crippen LogP contribution < -0.4 is 4.74 Å². The van der Waals surface area contributed by atoms with Crippen molar-refractivity contribution >= 4 is 22.8 Å². The van der Waals surface area contributed by atoms with Gasteiger partial charge in [-0.3, -0.25) is 14.2 Å². The van der Waals surface area contributed by atoms with Gasteiger partial charge in [0, 0.05) is 16.6 Å². The van der Waals surface area contributed by atoms with E-state index in [-0.39, 0.29) is 34.3 Å². The molecule has 6 nitrogen and oxygen atoms in total. The van der Waals surface area contributed by atoms with E-state index in [1.165, 1.54) is 19.9 Å². The number of phenolic OH excluding ortho intramolecular Hbond substituents is 1. The van der Waals surface area contributed by atoms with Crippen LogP contribution in [0, 0.1) is 12.7 Å². The van der Waals surface area contributed by atoms with E-state index in [9.17, 15) is 27.9 Å². The lowest BCUT2D eigenvalue weighted by Crippen LogP contribution is -2.18. The number of hydrogen-bond acceptors (Lipinski definition) is 5. The fourth-order valence-electron chi connectivity index (χ4n) is 3.76. The lowest BCUT2D eigenvalue weighted by atomic mass is 9.97. The number of rotatable bonds is 7. The first kappa shape index (κ1) is 25.1. The highest BCUT2D eigenvalue weighted by Gasteiger charge is 2.32. The summed E-state index contributed by atoms with van der Waals surface area (Å²) in [7, 11) is 0. The molecule has 1 aromatic heterocycles. The largest absolute Gasteiger partial charge is 0.573 e. The molecule has 0 spiro atoms. The minimum absolute atomic E-state index is 0.00716. The van der Waals surface area contributed by atoms with E-state index < -0.39 is 41.5 Å². The summed E-state index contributed by atoms with van der Waals surface area (Å²) in [6, 6.07) is 6.68. The number of carbonyl (C=O) groups excluding carboxylic acids is 2. The Morgan fingerprint density at radius 1 is 1.12 bits per heavy atom. The summed E-state index contributed by atoms with van der Waals surface area (Å²) in [5.74, 6) is -4.38. The van der Waals surface area contributed by atoms with E-state index in [1.807, 2.05) is 6.92 Å². The second kappa shape index (κ2) is 9.74. The number of phenols is 1. The van der Waals surface area contributed by atoms with Crippen molar-refractivity contribution in [2.24, 2.45) is 0 Å². The number of halogens is 4. The summed E-state index contributed by atoms with van der Waals surface area (Å²) in [5.41, 5.74) is 0.514. The molecule has 1 N–H and O–H groups in total. The maximum absolute atomic E-state index is 15.0. The van der Waals surface area contributed by atoms with Gasteiger partial charge in [0.05, 0.1) is 18.0 Å². The zero-order chi connectivity index (χ0) is 25.2. The standard InChI is InChI=1S/C24H23F4NO5/c1-4-5-12-33-23(32)13(2)19-14(3)29(17-10-11-18(30)21(25)20(17)19)22(31)15-6-8-16(9-7-15)34-24(26,27)28/h6-11,13,30H,4-5,12H2,1-3H3/t13-/m1/s1. The average Bonchev–Trinajstić information content (AvgIpc) is 3.07. The Balaban J connectivity index is 2.08. The summed E-state index contributed by atoms with van der Waals surface area (Å²) in [6.07, 6.45) is -3.42. The van der Waals surface area contributed by atoms with Gasteiger partial charge in [-0.1, -0.05) is 13.3 Å². The fourth-order valence-corrected chi connectivity index (χ4v) is 3.76. The third kappa shape index (κ3) is 5.00. The first-order chi connectivity index (χ1) is 16.0. The highest BCUT2D eigenvalue weighted by Crippen LogP contribution is 2.37. The topological polar surface area (TPSA) is 77.8 Å². The molecule has 1 atom stereocenters. The summed E-state index contributed by atoms with van der Waals surface area (Å²) in [6.45, 7) is 5.15. The van der Waals surface area contributed by atoms with Crippen LogP contribution in [-0.2, 0) is 9.53 Å². The second-order valence-electron chi connectivity index (χ2n) is 7.75. The van der Waals surface area contributed by atoms with Gasteiger partial charge in [0.1, 0.15) is 5.75 Å². The van der Waals surface area contributed by atoms with Crippen molar-refractivity contribution in [1.29, 1.82) is 0 Å². The maximum Gasteiger partial charge on any atom is 0.573 e. The smallest absolute Gasteiger partial charge is 0.505 e. The Bertz CT molecular complexity index is 1220. The van der Waals surface area contributed by atoms with Crippen LogP contribution >= 0.6 is 0 Å². The van der Waals surface area contributed by atoms with E-state index in [4.69, 9.17) is 4.74 Å². The lowest BCUT2D eigenvalue weighted by molar-refractivity contribution is -0.274. The molecule has 3 rings (SSSR count). The number of hydrogen-bond donors (Lipinski definition) is 1. The van der Waals surface area contributed by atoms with Crippen LogP contribution in [0.15, 0.2) is 36.4 Å². The molecule has 0 amide bonds. The van der Waals surface area contributed by atoms with E-state index in [0.29, 0.717) is 6.42 Å². The Kier molecular flexibility index (Phi) is 7.18. The highest BCUT2D eigenvalue weighted by molar-refractivity contribution is 6.05. The second-order valence-corrected chi connectivity index (χ2v) is 7.75. The molecule has 0 aliphatic carbocycles. The molecule has 0 bridgehead atoms. The van der Waals surface area contributed by atoms with Crippen LogP contribution in [0.25, 0.3) is 10.9 Å². The Morgan fingerprint density at radius 3 is 2.35 bits per heavy atom. The summed E-state index contributed by atoms with van der Waals surface area (Å²) >= 11 is 0. The first-order valence-corrected chi connectivity index (χ1v) is 10.6. The molecule has 3 aromatic rings. The van der Waals surface area contributed by atoms with Crippen molar-refractivity contribution in [2.75, 3.05) is 6.61 Å². The van der Waals surface area contributed by atoms with E-state index >= 15 is 4.39 Å². The SMILES string of the molecule is CCCCOC(=O)[C@H](C)c1c(C)n(C(=O)c2ccc(OC(F)(F)F)cc2)c2ccc(O)c(F)c12. The zero-order valence-electron chi connectivity index (χ0n) is 18.7. The number of benzene rings is 2. The number of nitrogens with zero attached hydrogens (tertiary/aromatic N) is 1. The van der Waals surface area contributed by atoms with Gasteiger partial charge < -0.3 is 14.6 Å². The zero-order valence-corrected chi connectivity index (χ0v) is 18.7. The number of aromatic hydroxyl groups is 1. The summed E-state index contributed by atoms with van der Waals surface area (Å²) in [5, 5.41) is 9.81. The molecular formula is C24H23F4NO5. The van der Waals surface area contributed by atoms with Crippen LogP contribution in [0.4, 0.5) is 17.6 Å². The predicted molar refractivity (Wildman–Crippen MR) is 115 cm³/mol. The Morgan fingerprint density at radius 2 is 1.76 bits per heavy atom.